The summed E-state index contributed by atoms with van der Waals surface area (Å²) in [4.78, 5) is 23.6. The number of imide groups is 1. The van der Waals surface area contributed by atoms with Crippen molar-refractivity contribution in [3.05, 3.63) is 0 Å². The number of hydrogen-bond donors (Lipinski definition) is 1. The highest BCUT2D eigenvalue weighted by Gasteiger charge is 2.36. The minimum atomic E-state index is -0.456. The fourth-order valence-electron chi connectivity index (χ4n) is 1.23. The lowest BCUT2D eigenvalue weighted by molar-refractivity contribution is -0.127. The third kappa shape index (κ3) is 2.17. The average molecular weight is 213 g/mol. The van der Waals surface area contributed by atoms with Gasteiger partial charge < -0.3 is 5.32 Å². The first-order valence-electron chi connectivity index (χ1n) is 4.18. The van der Waals surface area contributed by atoms with E-state index in [4.69, 9.17) is 5.26 Å². The molecule has 0 aliphatic carbocycles. The first-order valence-corrected chi connectivity index (χ1v) is 5.58. The van der Waals surface area contributed by atoms with Crippen molar-refractivity contribution in [1.82, 2.24) is 10.2 Å². The molecule has 0 aromatic heterocycles. The van der Waals surface area contributed by atoms with Crippen molar-refractivity contribution in [1.29, 1.82) is 5.26 Å². The number of nitriles is 1. The Bertz CT molecular complexity index is 287. The summed E-state index contributed by atoms with van der Waals surface area (Å²) in [5.74, 6) is 0.530. The van der Waals surface area contributed by atoms with E-state index >= 15 is 0 Å². The third-order valence-electron chi connectivity index (χ3n) is 1.95. The second kappa shape index (κ2) is 4.86. The number of rotatable bonds is 4. The summed E-state index contributed by atoms with van der Waals surface area (Å²) in [6.07, 6.45) is 2.56. The molecule has 1 atom stereocenters. The standard InChI is InChI=1S/C8H11N3O2S/c1-14-5-2-6-7(12)11(4-3-9)8(13)10-6/h6H,2,4-5H2,1H3,(H,10,13). The number of thioether (sulfide) groups is 1. The summed E-state index contributed by atoms with van der Waals surface area (Å²) in [7, 11) is 0. The van der Waals surface area contributed by atoms with Crippen LogP contribution in [0.2, 0.25) is 0 Å². The Hall–Kier alpha value is -1.22. The van der Waals surface area contributed by atoms with Crippen LogP contribution < -0.4 is 5.32 Å². The lowest BCUT2D eigenvalue weighted by Gasteiger charge is -2.07. The van der Waals surface area contributed by atoms with Crippen LogP contribution in [0.25, 0.3) is 0 Å². The van der Waals surface area contributed by atoms with Gasteiger partial charge in [-0.15, -0.1) is 0 Å². The number of carbonyl (C=O) groups is 2. The molecule has 6 heteroatoms. The first kappa shape index (κ1) is 10.9. The van der Waals surface area contributed by atoms with Gasteiger partial charge in [0.1, 0.15) is 12.6 Å². The zero-order chi connectivity index (χ0) is 10.6. The van der Waals surface area contributed by atoms with Crippen molar-refractivity contribution in [3.8, 4) is 6.07 Å². The van der Waals surface area contributed by atoms with E-state index in [1.807, 2.05) is 6.26 Å². The van der Waals surface area contributed by atoms with Crippen molar-refractivity contribution in [2.45, 2.75) is 12.5 Å². The number of carbonyl (C=O) groups excluding carboxylic acids is 2. The van der Waals surface area contributed by atoms with Crippen LogP contribution in [0.4, 0.5) is 4.79 Å². The molecule has 1 unspecified atom stereocenters. The van der Waals surface area contributed by atoms with Gasteiger partial charge in [-0.05, 0) is 18.4 Å². The van der Waals surface area contributed by atoms with Crippen LogP contribution in [-0.2, 0) is 4.79 Å². The summed E-state index contributed by atoms with van der Waals surface area (Å²) in [6.45, 7) is -0.166. The Kier molecular flexibility index (Phi) is 3.77. The highest BCUT2D eigenvalue weighted by atomic mass is 32.2. The number of nitrogens with one attached hydrogen (secondary N) is 1. The summed E-state index contributed by atoms with van der Waals surface area (Å²) in [6, 6.07) is 0.889. The van der Waals surface area contributed by atoms with Gasteiger partial charge in [0.25, 0.3) is 5.91 Å². The Morgan fingerprint density at radius 2 is 2.36 bits per heavy atom. The lowest BCUT2D eigenvalue weighted by Crippen LogP contribution is -2.31. The molecule has 3 amide bonds. The van der Waals surface area contributed by atoms with E-state index < -0.39 is 12.1 Å². The Balaban J connectivity index is 2.56. The largest absolute Gasteiger partial charge is 0.326 e. The van der Waals surface area contributed by atoms with Crippen molar-refractivity contribution in [2.75, 3.05) is 18.6 Å². The molecule has 1 saturated heterocycles. The van der Waals surface area contributed by atoms with E-state index in [-0.39, 0.29) is 12.5 Å². The van der Waals surface area contributed by atoms with Gasteiger partial charge in [-0.3, -0.25) is 4.79 Å². The van der Waals surface area contributed by atoms with E-state index in [1.54, 1.807) is 17.8 Å². The van der Waals surface area contributed by atoms with E-state index in [9.17, 15) is 9.59 Å². The number of amides is 3. The monoisotopic (exact) mass is 213 g/mol. The molecular formula is C8H11N3O2S. The topological polar surface area (TPSA) is 73.2 Å². The van der Waals surface area contributed by atoms with Gasteiger partial charge in [-0.25, -0.2) is 9.69 Å². The molecule has 0 aromatic carbocycles. The highest BCUT2D eigenvalue weighted by Crippen LogP contribution is 2.10. The maximum Gasteiger partial charge on any atom is 0.325 e. The van der Waals surface area contributed by atoms with Gasteiger partial charge in [-0.2, -0.15) is 17.0 Å². The quantitative estimate of drug-likeness (QED) is 0.534. The lowest BCUT2D eigenvalue weighted by atomic mass is 10.2. The smallest absolute Gasteiger partial charge is 0.325 e. The SMILES string of the molecule is CSCCC1NC(=O)N(CC#N)C1=O. The van der Waals surface area contributed by atoms with Crippen molar-refractivity contribution in [3.63, 3.8) is 0 Å². The fourth-order valence-corrected chi connectivity index (χ4v) is 1.70. The molecule has 0 spiro atoms. The molecule has 0 saturated carbocycles. The maximum absolute atomic E-state index is 11.5. The fraction of sp³-hybridized carbons (Fsp3) is 0.625. The van der Waals surface area contributed by atoms with Crippen LogP contribution in [0.1, 0.15) is 6.42 Å². The van der Waals surface area contributed by atoms with E-state index in [1.165, 1.54) is 0 Å². The summed E-state index contributed by atoms with van der Waals surface area (Å²) >= 11 is 1.62. The number of urea groups is 1. The van der Waals surface area contributed by atoms with Gasteiger partial charge in [0.2, 0.25) is 0 Å². The van der Waals surface area contributed by atoms with E-state index in [0.717, 1.165) is 10.7 Å². The van der Waals surface area contributed by atoms with Crippen LogP contribution in [-0.4, -0.2) is 41.4 Å². The van der Waals surface area contributed by atoms with Gasteiger partial charge in [0, 0.05) is 0 Å². The summed E-state index contributed by atoms with van der Waals surface area (Å²) in [5, 5.41) is 10.9. The Labute approximate surface area is 86.4 Å². The molecule has 1 fully saturated rings. The molecule has 5 nitrogen and oxygen atoms in total. The number of nitrogens with zero attached hydrogens (tertiary/aromatic N) is 2. The third-order valence-corrected chi connectivity index (χ3v) is 2.59. The zero-order valence-corrected chi connectivity index (χ0v) is 8.63. The number of hydrogen-bond acceptors (Lipinski definition) is 4. The van der Waals surface area contributed by atoms with Gasteiger partial charge in [-0.1, -0.05) is 0 Å². The van der Waals surface area contributed by atoms with Gasteiger partial charge in [0.15, 0.2) is 0 Å². The second-order valence-corrected chi connectivity index (χ2v) is 3.85. The second-order valence-electron chi connectivity index (χ2n) is 2.87. The highest BCUT2D eigenvalue weighted by molar-refractivity contribution is 7.98. The van der Waals surface area contributed by atoms with Crippen LogP contribution in [0.5, 0.6) is 0 Å². The Morgan fingerprint density at radius 1 is 1.64 bits per heavy atom. The van der Waals surface area contributed by atoms with Gasteiger partial charge in [0.05, 0.1) is 6.07 Å². The molecule has 0 radical (unpaired) electrons. The zero-order valence-electron chi connectivity index (χ0n) is 7.82. The minimum absolute atomic E-state index is 0.166. The molecule has 0 aromatic rings. The molecule has 1 rings (SSSR count). The molecule has 0 bridgehead atoms. The predicted molar refractivity (Wildman–Crippen MR) is 52.6 cm³/mol. The normalized spacial score (nSPS) is 20.9. The van der Waals surface area contributed by atoms with Gasteiger partial charge >= 0.3 is 6.03 Å². The van der Waals surface area contributed by atoms with Crippen molar-refractivity contribution in [2.24, 2.45) is 0 Å². The molecule has 76 valence electrons. The Morgan fingerprint density at radius 3 is 2.93 bits per heavy atom. The molecular weight excluding hydrogens is 202 g/mol. The predicted octanol–water partition coefficient (Wildman–Crippen LogP) is 0.183. The van der Waals surface area contributed by atoms with Crippen LogP contribution in [0.3, 0.4) is 0 Å². The molecule has 1 N–H and O–H groups in total. The minimum Gasteiger partial charge on any atom is -0.326 e. The molecule has 1 heterocycles. The van der Waals surface area contributed by atoms with Crippen LogP contribution in [0.15, 0.2) is 0 Å². The maximum atomic E-state index is 11.5. The summed E-state index contributed by atoms with van der Waals surface area (Å²) in [5.41, 5.74) is 0. The first-order chi connectivity index (χ1) is 6.70. The molecule has 14 heavy (non-hydrogen) atoms. The summed E-state index contributed by atoms with van der Waals surface area (Å²) < 4.78 is 0. The van der Waals surface area contributed by atoms with Crippen LogP contribution >= 0.6 is 11.8 Å². The van der Waals surface area contributed by atoms with Crippen molar-refractivity contribution >= 4 is 23.7 Å². The van der Waals surface area contributed by atoms with E-state index in [0.29, 0.717) is 6.42 Å². The van der Waals surface area contributed by atoms with E-state index in [2.05, 4.69) is 5.32 Å². The average Bonchev–Trinajstić information content (AvgIpc) is 2.43. The van der Waals surface area contributed by atoms with Crippen LogP contribution in [0, 0.1) is 11.3 Å². The molecule has 1 aliphatic rings. The molecule has 1 aliphatic heterocycles. The van der Waals surface area contributed by atoms with Crippen molar-refractivity contribution < 1.29 is 9.59 Å².